The van der Waals surface area contributed by atoms with Gasteiger partial charge in [0.15, 0.2) is 0 Å². The van der Waals surface area contributed by atoms with Gasteiger partial charge in [-0.1, -0.05) is 29.8 Å². The van der Waals surface area contributed by atoms with Crippen molar-refractivity contribution in [1.82, 2.24) is 0 Å². The summed E-state index contributed by atoms with van der Waals surface area (Å²) < 4.78 is 0. The monoisotopic (exact) mass is 267 g/mol. The van der Waals surface area contributed by atoms with Gasteiger partial charge in [0.1, 0.15) is 0 Å². The van der Waals surface area contributed by atoms with Crippen LogP contribution < -0.4 is 15.5 Å². The molecule has 3 nitrogen and oxygen atoms in total. The molecular weight excluding hydrogens is 246 g/mol. The number of hydrogen-bond donors (Lipinski definition) is 1. The van der Waals surface area contributed by atoms with Crippen molar-refractivity contribution in [2.75, 3.05) is 35.7 Å². The second-order valence-electron chi connectivity index (χ2n) is 5.53. The van der Waals surface area contributed by atoms with Crippen LogP contribution >= 0.6 is 0 Å². The van der Waals surface area contributed by atoms with Crippen LogP contribution in [0.25, 0.3) is 0 Å². The van der Waals surface area contributed by atoms with Crippen molar-refractivity contribution in [2.24, 2.45) is 0 Å². The molecular formula is C17H21N3. The minimum absolute atomic E-state index is 0.873. The summed E-state index contributed by atoms with van der Waals surface area (Å²) in [6, 6.07) is 14.8. The van der Waals surface area contributed by atoms with Crippen LogP contribution in [-0.2, 0) is 6.54 Å². The fraction of sp³-hybridized carbons (Fsp3) is 0.294. The van der Waals surface area contributed by atoms with Gasteiger partial charge in [-0.3, -0.25) is 0 Å². The summed E-state index contributed by atoms with van der Waals surface area (Å²) in [5, 5.41) is 0. The molecule has 1 heterocycles. The Morgan fingerprint density at radius 1 is 1.05 bits per heavy atom. The summed E-state index contributed by atoms with van der Waals surface area (Å²) in [6.07, 6.45) is 0. The van der Waals surface area contributed by atoms with Crippen LogP contribution in [0.4, 0.5) is 17.1 Å². The number of aryl methyl sites for hydroxylation is 1. The molecule has 0 fully saturated rings. The van der Waals surface area contributed by atoms with Gasteiger partial charge in [-0.05, 0) is 30.7 Å². The Morgan fingerprint density at radius 3 is 2.60 bits per heavy atom. The van der Waals surface area contributed by atoms with E-state index in [1.165, 1.54) is 22.5 Å². The molecule has 1 aliphatic heterocycles. The van der Waals surface area contributed by atoms with Crippen molar-refractivity contribution in [2.45, 2.75) is 13.5 Å². The topological polar surface area (TPSA) is 32.5 Å². The lowest BCUT2D eigenvalue weighted by molar-refractivity contribution is 0.735. The van der Waals surface area contributed by atoms with Crippen LogP contribution in [0, 0.1) is 6.92 Å². The molecule has 2 aromatic rings. The third kappa shape index (κ3) is 2.31. The summed E-state index contributed by atoms with van der Waals surface area (Å²) in [6.45, 7) is 5.06. The first-order chi connectivity index (χ1) is 9.65. The first-order valence-electron chi connectivity index (χ1n) is 7.05. The molecule has 0 amide bonds. The normalized spacial score (nSPS) is 14.3. The zero-order chi connectivity index (χ0) is 14.1. The standard InChI is InChI=1S/C17H21N3/c1-13-7-8-15(18)14(11-13)12-20-10-9-19(2)16-5-3-4-6-17(16)20/h3-8,11H,9-10,12,18H2,1-2H3. The van der Waals surface area contributed by atoms with Gasteiger partial charge in [0.2, 0.25) is 0 Å². The van der Waals surface area contributed by atoms with E-state index in [1.54, 1.807) is 0 Å². The van der Waals surface area contributed by atoms with Crippen LogP contribution in [-0.4, -0.2) is 20.1 Å². The van der Waals surface area contributed by atoms with E-state index >= 15 is 0 Å². The first-order valence-corrected chi connectivity index (χ1v) is 7.05. The Hall–Kier alpha value is -2.16. The predicted octanol–water partition coefficient (Wildman–Crippen LogP) is 3.03. The molecule has 3 heteroatoms. The molecule has 20 heavy (non-hydrogen) atoms. The van der Waals surface area contributed by atoms with E-state index in [0.29, 0.717) is 0 Å². The van der Waals surface area contributed by atoms with E-state index in [9.17, 15) is 0 Å². The molecule has 0 saturated carbocycles. The van der Waals surface area contributed by atoms with Crippen LogP contribution in [0.15, 0.2) is 42.5 Å². The highest BCUT2D eigenvalue weighted by molar-refractivity contribution is 5.73. The average molecular weight is 267 g/mol. The lowest BCUT2D eigenvalue weighted by Crippen LogP contribution is -2.38. The highest BCUT2D eigenvalue weighted by Gasteiger charge is 2.20. The number of likely N-dealkylation sites (N-methyl/N-ethyl adjacent to an activating group) is 1. The van der Waals surface area contributed by atoms with E-state index in [-0.39, 0.29) is 0 Å². The Labute approximate surface area is 120 Å². The Kier molecular flexibility index (Phi) is 3.26. The average Bonchev–Trinajstić information content (AvgIpc) is 2.46. The Bertz CT molecular complexity index is 621. The number of rotatable bonds is 2. The van der Waals surface area contributed by atoms with Crippen LogP contribution in [0.2, 0.25) is 0 Å². The van der Waals surface area contributed by atoms with Gasteiger partial charge in [0, 0.05) is 32.4 Å². The van der Waals surface area contributed by atoms with E-state index in [1.807, 2.05) is 6.07 Å². The van der Waals surface area contributed by atoms with E-state index in [2.05, 4.69) is 60.2 Å². The summed E-state index contributed by atoms with van der Waals surface area (Å²) in [7, 11) is 2.15. The molecule has 0 spiro atoms. The summed E-state index contributed by atoms with van der Waals surface area (Å²) >= 11 is 0. The van der Waals surface area contributed by atoms with Crippen molar-refractivity contribution in [1.29, 1.82) is 0 Å². The molecule has 3 rings (SSSR count). The summed E-state index contributed by atoms with van der Waals surface area (Å²) in [5.74, 6) is 0. The molecule has 0 bridgehead atoms. The van der Waals surface area contributed by atoms with Crippen molar-refractivity contribution in [3.63, 3.8) is 0 Å². The van der Waals surface area contributed by atoms with Crippen molar-refractivity contribution >= 4 is 17.1 Å². The third-order valence-electron chi connectivity index (χ3n) is 4.00. The predicted molar refractivity (Wildman–Crippen MR) is 86.4 cm³/mol. The number of nitrogen functional groups attached to an aromatic ring is 1. The van der Waals surface area contributed by atoms with Crippen LogP contribution in [0.5, 0.6) is 0 Å². The van der Waals surface area contributed by atoms with E-state index in [4.69, 9.17) is 5.73 Å². The lowest BCUT2D eigenvalue weighted by atomic mass is 10.1. The maximum Gasteiger partial charge on any atom is 0.0607 e. The SMILES string of the molecule is Cc1ccc(N)c(CN2CCN(C)c3ccccc32)c1. The largest absolute Gasteiger partial charge is 0.398 e. The molecule has 0 saturated heterocycles. The van der Waals surface area contributed by atoms with Gasteiger partial charge in [-0.15, -0.1) is 0 Å². The first kappa shape index (κ1) is 12.9. The van der Waals surface area contributed by atoms with Gasteiger partial charge in [-0.25, -0.2) is 0 Å². The third-order valence-corrected chi connectivity index (χ3v) is 4.00. The minimum atomic E-state index is 0.873. The van der Waals surface area contributed by atoms with E-state index in [0.717, 1.165) is 25.3 Å². The number of anilines is 3. The minimum Gasteiger partial charge on any atom is -0.398 e. The highest BCUT2D eigenvalue weighted by Crippen LogP contribution is 2.33. The number of hydrogen-bond acceptors (Lipinski definition) is 3. The number of nitrogens with zero attached hydrogens (tertiary/aromatic N) is 2. The molecule has 0 aromatic heterocycles. The van der Waals surface area contributed by atoms with Gasteiger partial charge in [0.25, 0.3) is 0 Å². The molecule has 2 aromatic carbocycles. The van der Waals surface area contributed by atoms with Gasteiger partial charge in [0.05, 0.1) is 11.4 Å². The number of para-hydroxylation sites is 2. The van der Waals surface area contributed by atoms with Crippen LogP contribution in [0.1, 0.15) is 11.1 Å². The Balaban J connectivity index is 1.92. The fourth-order valence-electron chi connectivity index (χ4n) is 2.81. The molecule has 0 radical (unpaired) electrons. The number of nitrogens with two attached hydrogens (primary N) is 1. The van der Waals surface area contributed by atoms with Gasteiger partial charge in [-0.2, -0.15) is 0 Å². The second-order valence-corrected chi connectivity index (χ2v) is 5.53. The molecule has 104 valence electrons. The van der Waals surface area contributed by atoms with Crippen molar-refractivity contribution in [3.05, 3.63) is 53.6 Å². The van der Waals surface area contributed by atoms with Crippen LogP contribution in [0.3, 0.4) is 0 Å². The molecule has 0 atom stereocenters. The lowest BCUT2D eigenvalue weighted by Gasteiger charge is -2.37. The highest BCUT2D eigenvalue weighted by atomic mass is 15.2. The quantitative estimate of drug-likeness (QED) is 0.849. The zero-order valence-electron chi connectivity index (χ0n) is 12.1. The fourth-order valence-corrected chi connectivity index (χ4v) is 2.81. The molecule has 0 aliphatic carbocycles. The number of fused-ring (bicyclic) bond motifs is 1. The van der Waals surface area contributed by atoms with Crippen molar-refractivity contribution in [3.8, 4) is 0 Å². The smallest absolute Gasteiger partial charge is 0.0607 e. The molecule has 0 unspecified atom stereocenters. The maximum atomic E-state index is 6.12. The number of benzene rings is 2. The zero-order valence-corrected chi connectivity index (χ0v) is 12.1. The Morgan fingerprint density at radius 2 is 1.80 bits per heavy atom. The van der Waals surface area contributed by atoms with Gasteiger partial charge >= 0.3 is 0 Å². The molecule has 2 N–H and O–H groups in total. The summed E-state index contributed by atoms with van der Waals surface area (Å²) in [5.41, 5.74) is 12.1. The van der Waals surface area contributed by atoms with Crippen molar-refractivity contribution < 1.29 is 0 Å². The summed E-state index contributed by atoms with van der Waals surface area (Å²) in [4.78, 5) is 4.73. The van der Waals surface area contributed by atoms with Gasteiger partial charge < -0.3 is 15.5 Å². The maximum absolute atomic E-state index is 6.12. The second kappa shape index (κ2) is 5.08. The molecule has 1 aliphatic rings. The van der Waals surface area contributed by atoms with E-state index < -0.39 is 0 Å².